The summed E-state index contributed by atoms with van der Waals surface area (Å²) < 4.78 is 5.65. The third-order valence-corrected chi connectivity index (χ3v) is 2.61. The van der Waals surface area contributed by atoms with Gasteiger partial charge in [0.1, 0.15) is 5.75 Å². The van der Waals surface area contributed by atoms with Crippen LogP contribution in [0, 0.1) is 6.92 Å². The maximum Gasteiger partial charge on any atom is 0.119 e. The maximum absolute atomic E-state index is 5.65. The molecule has 0 atom stereocenters. The fourth-order valence-corrected chi connectivity index (χ4v) is 1.58. The number of rotatable bonds is 8. The standard InChI is InChI=1S/C14H23NO/c1-13-7-9-14(10-8-13)16-12-6-4-3-5-11-15-2/h7-10,15H,3-6,11-12H2,1-2H3. The van der Waals surface area contributed by atoms with Crippen LogP contribution in [-0.2, 0) is 0 Å². The summed E-state index contributed by atoms with van der Waals surface area (Å²) in [6.45, 7) is 4.05. The van der Waals surface area contributed by atoms with E-state index in [1.54, 1.807) is 0 Å². The fourth-order valence-electron chi connectivity index (χ4n) is 1.58. The van der Waals surface area contributed by atoms with Crippen molar-refractivity contribution in [3.05, 3.63) is 29.8 Å². The highest BCUT2D eigenvalue weighted by molar-refractivity contribution is 5.26. The first kappa shape index (κ1) is 13.0. The Morgan fingerprint density at radius 1 is 1.00 bits per heavy atom. The van der Waals surface area contributed by atoms with Gasteiger partial charge in [-0.05, 0) is 45.5 Å². The molecule has 0 radical (unpaired) electrons. The summed E-state index contributed by atoms with van der Waals surface area (Å²) in [5, 5.41) is 3.16. The third-order valence-electron chi connectivity index (χ3n) is 2.61. The van der Waals surface area contributed by atoms with Crippen LogP contribution in [0.2, 0.25) is 0 Å². The van der Waals surface area contributed by atoms with Crippen LogP contribution < -0.4 is 10.1 Å². The number of benzene rings is 1. The molecule has 0 aromatic heterocycles. The minimum Gasteiger partial charge on any atom is -0.494 e. The monoisotopic (exact) mass is 221 g/mol. The molecule has 0 unspecified atom stereocenters. The van der Waals surface area contributed by atoms with Crippen molar-refractivity contribution >= 4 is 0 Å². The first-order valence-corrected chi connectivity index (χ1v) is 6.17. The zero-order valence-corrected chi connectivity index (χ0v) is 10.5. The lowest BCUT2D eigenvalue weighted by Gasteiger charge is -2.06. The van der Waals surface area contributed by atoms with Crippen molar-refractivity contribution in [1.29, 1.82) is 0 Å². The largest absolute Gasteiger partial charge is 0.494 e. The second-order valence-electron chi connectivity index (χ2n) is 4.18. The van der Waals surface area contributed by atoms with Crippen LogP contribution >= 0.6 is 0 Å². The van der Waals surface area contributed by atoms with Crippen LogP contribution in [-0.4, -0.2) is 20.2 Å². The molecule has 1 rings (SSSR count). The molecule has 0 aliphatic carbocycles. The molecular weight excluding hydrogens is 198 g/mol. The third kappa shape index (κ3) is 5.76. The number of ether oxygens (including phenoxy) is 1. The van der Waals surface area contributed by atoms with Gasteiger partial charge in [-0.2, -0.15) is 0 Å². The molecule has 0 aliphatic rings. The van der Waals surface area contributed by atoms with Gasteiger partial charge >= 0.3 is 0 Å². The summed E-state index contributed by atoms with van der Waals surface area (Å²) in [7, 11) is 2.00. The average molecular weight is 221 g/mol. The van der Waals surface area contributed by atoms with Crippen LogP contribution in [0.15, 0.2) is 24.3 Å². The highest BCUT2D eigenvalue weighted by Crippen LogP contribution is 2.12. The van der Waals surface area contributed by atoms with E-state index in [1.165, 1.54) is 24.8 Å². The number of nitrogens with one attached hydrogen (secondary N) is 1. The number of aryl methyl sites for hydroxylation is 1. The van der Waals surface area contributed by atoms with Crippen molar-refractivity contribution < 1.29 is 4.74 Å². The predicted octanol–water partition coefficient (Wildman–Crippen LogP) is 3.15. The van der Waals surface area contributed by atoms with Gasteiger partial charge in [-0.25, -0.2) is 0 Å². The SMILES string of the molecule is CNCCCCCCOc1ccc(C)cc1. The fraction of sp³-hybridized carbons (Fsp3) is 0.571. The summed E-state index contributed by atoms with van der Waals surface area (Å²) in [6.07, 6.45) is 4.96. The molecule has 1 aromatic rings. The normalized spacial score (nSPS) is 10.4. The highest BCUT2D eigenvalue weighted by Gasteiger charge is 1.93. The van der Waals surface area contributed by atoms with Gasteiger partial charge in [-0.15, -0.1) is 0 Å². The first-order chi connectivity index (χ1) is 7.83. The van der Waals surface area contributed by atoms with E-state index >= 15 is 0 Å². The van der Waals surface area contributed by atoms with E-state index in [4.69, 9.17) is 4.74 Å². The molecule has 0 saturated heterocycles. The summed E-state index contributed by atoms with van der Waals surface area (Å²) in [5.74, 6) is 0.987. The molecule has 0 aliphatic heterocycles. The van der Waals surface area contributed by atoms with Crippen LogP contribution in [0.1, 0.15) is 31.2 Å². The van der Waals surface area contributed by atoms with Crippen molar-refractivity contribution in [2.75, 3.05) is 20.2 Å². The minimum atomic E-state index is 0.836. The van der Waals surface area contributed by atoms with Crippen LogP contribution in [0.3, 0.4) is 0 Å². The van der Waals surface area contributed by atoms with E-state index < -0.39 is 0 Å². The van der Waals surface area contributed by atoms with Gasteiger partial charge in [-0.1, -0.05) is 30.5 Å². The van der Waals surface area contributed by atoms with Gasteiger partial charge in [0.2, 0.25) is 0 Å². The zero-order chi connectivity index (χ0) is 11.6. The topological polar surface area (TPSA) is 21.3 Å². The van der Waals surface area contributed by atoms with Crippen LogP contribution in [0.25, 0.3) is 0 Å². The lowest BCUT2D eigenvalue weighted by molar-refractivity contribution is 0.304. The second-order valence-corrected chi connectivity index (χ2v) is 4.18. The number of hydrogen-bond donors (Lipinski definition) is 1. The van der Waals surface area contributed by atoms with Gasteiger partial charge in [-0.3, -0.25) is 0 Å². The Kier molecular flexibility index (Phi) is 6.66. The molecule has 0 amide bonds. The van der Waals surface area contributed by atoms with E-state index in [1.807, 2.05) is 19.2 Å². The zero-order valence-electron chi connectivity index (χ0n) is 10.5. The van der Waals surface area contributed by atoms with Crippen molar-refractivity contribution in [1.82, 2.24) is 5.32 Å². The van der Waals surface area contributed by atoms with Gasteiger partial charge < -0.3 is 10.1 Å². The quantitative estimate of drug-likeness (QED) is 0.681. The molecule has 1 aromatic carbocycles. The summed E-state index contributed by atoms with van der Waals surface area (Å²) >= 11 is 0. The predicted molar refractivity (Wildman–Crippen MR) is 69.1 cm³/mol. The van der Waals surface area contributed by atoms with Crippen molar-refractivity contribution in [3.63, 3.8) is 0 Å². The Labute approximate surface area is 99.0 Å². The molecule has 0 bridgehead atoms. The summed E-state index contributed by atoms with van der Waals surface area (Å²) in [6, 6.07) is 8.25. The van der Waals surface area contributed by atoms with Crippen LogP contribution in [0.5, 0.6) is 5.75 Å². The Balaban J connectivity index is 2.01. The Morgan fingerprint density at radius 2 is 1.69 bits per heavy atom. The molecule has 2 heteroatoms. The lowest BCUT2D eigenvalue weighted by atomic mass is 10.2. The van der Waals surface area contributed by atoms with Crippen LogP contribution in [0.4, 0.5) is 0 Å². The Bertz CT molecular complexity index is 269. The molecule has 0 saturated carbocycles. The van der Waals surface area contributed by atoms with Gasteiger partial charge in [0.05, 0.1) is 6.61 Å². The molecule has 0 heterocycles. The molecule has 90 valence electrons. The van der Waals surface area contributed by atoms with Gasteiger partial charge in [0.15, 0.2) is 0 Å². The van der Waals surface area contributed by atoms with Gasteiger partial charge in [0.25, 0.3) is 0 Å². The number of unbranched alkanes of at least 4 members (excludes halogenated alkanes) is 3. The second kappa shape index (κ2) is 8.17. The van der Waals surface area contributed by atoms with Crippen molar-refractivity contribution in [2.24, 2.45) is 0 Å². The van der Waals surface area contributed by atoms with E-state index in [-0.39, 0.29) is 0 Å². The van der Waals surface area contributed by atoms with Crippen molar-refractivity contribution in [3.8, 4) is 5.75 Å². The van der Waals surface area contributed by atoms with E-state index in [0.717, 1.165) is 25.3 Å². The Morgan fingerprint density at radius 3 is 2.38 bits per heavy atom. The minimum absolute atomic E-state index is 0.836. The molecule has 0 fully saturated rings. The molecule has 1 N–H and O–H groups in total. The number of hydrogen-bond acceptors (Lipinski definition) is 2. The lowest BCUT2D eigenvalue weighted by Crippen LogP contribution is -2.07. The Hall–Kier alpha value is -1.02. The molecule has 0 spiro atoms. The first-order valence-electron chi connectivity index (χ1n) is 6.17. The van der Waals surface area contributed by atoms with E-state index in [0.29, 0.717) is 0 Å². The highest BCUT2D eigenvalue weighted by atomic mass is 16.5. The summed E-state index contributed by atoms with van der Waals surface area (Å²) in [4.78, 5) is 0. The van der Waals surface area contributed by atoms with Crippen molar-refractivity contribution in [2.45, 2.75) is 32.6 Å². The smallest absolute Gasteiger partial charge is 0.119 e. The van der Waals surface area contributed by atoms with E-state index in [9.17, 15) is 0 Å². The molecule has 16 heavy (non-hydrogen) atoms. The van der Waals surface area contributed by atoms with E-state index in [2.05, 4.69) is 24.4 Å². The molecular formula is C14H23NO. The summed E-state index contributed by atoms with van der Waals surface area (Å²) in [5.41, 5.74) is 1.28. The average Bonchev–Trinajstić information content (AvgIpc) is 2.30. The molecule has 2 nitrogen and oxygen atoms in total. The maximum atomic E-state index is 5.65. The van der Waals surface area contributed by atoms with Gasteiger partial charge in [0, 0.05) is 0 Å².